The number of para-hydroxylation sites is 1. The van der Waals surface area contributed by atoms with Crippen LogP contribution in [0.2, 0.25) is 0 Å². The van der Waals surface area contributed by atoms with Gasteiger partial charge in [0.25, 0.3) is 0 Å². The second kappa shape index (κ2) is 7.12. The molecule has 0 spiro atoms. The third-order valence-corrected chi connectivity index (χ3v) is 6.11. The molecular weight excluding hydrogens is 332 g/mol. The number of nitrogens with zero attached hydrogens (tertiary/aromatic N) is 2. The number of rotatable bonds is 4. The molecular formula is C24H31N2O+. The third kappa shape index (κ3) is 3.19. The Bertz CT molecular complexity index is 842. The van der Waals surface area contributed by atoms with Gasteiger partial charge in [-0.1, -0.05) is 70.2 Å². The van der Waals surface area contributed by atoms with Crippen LogP contribution in [0, 0.1) is 0 Å². The quantitative estimate of drug-likeness (QED) is 0.812. The Hall–Kier alpha value is -2.13. The van der Waals surface area contributed by atoms with Crippen molar-refractivity contribution in [2.75, 3.05) is 18.0 Å². The van der Waals surface area contributed by atoms with Gasteiger partial charge >= 0.3 is 0 Å². The van der Waals surface area contributed by atoms with Crippen molar-refractivity contribution in [2.24, 2.45) is 0 Å². The average Bonchev–Trinajstić information content (AvgIpc) is 3.26. The lowest BCUT2D eigenvalue weighted by Crippen LogP contribution is -2.30. The molecule has 3 heteroatoms. The smallest absolute Gasteiger partial charge is 0.239 e. The van der Waals surface area contributed by atoms with Gasteiger partial charge < -0.3 is 5.11 Å². The molecule has 0 aromatic heterocycles. The van der Waals surface area contributed by atoms with Gasteiger partial charge in [-0.2, -0.15) is 0 Å². The predicted octanol–water partition coefficient (Wildman–Crippen LogP) is 4.45. The molecule has 0 fully saturated rings. The normalized spacial score (nSPS) is 21.9. The summed E-state index contributed by atoms with van der Waals surface area (Å²) in [5.41, 5.74) is 6.58. The largest absolute Gasteiger partial charge is 0.384 e. The van der Waals surface area contributed by atoms with Crippen LogP contribution in [-0.2, 0) is 6.42 Å². The summed E-state index contributed by atoms with van der Waals surface area (Å²) >= 11 is 0. The van der Waals surface area contributed by atoms with Crippen LogP contribution in [0.15, 0.2) is 42.5 Å². The van der Waals surface area contributed by atoms with Crippen LogP contribution in [-0.4, -0.2) is 35.2 Å². The van der Waals surface area contributed by atoms with Gasteiger partial charge in [-0.3, -0.25) is 4.58 Å². The van der Waals surface area contributed by atoms with Crippen molar-refractivity contribution in [1.82, 2.24) is 0 Å². The Kier molecular flexibility index (Phi) is 4.81. The zero-order valence-corrected chi connectivity index (χ0v) is 16.9. The van der Waals surface area contributed by atoms with Crippen LogP contribution in [0.1, 0.15) is 67.9 Å². The maximum atomic E-state index is 10.9. The van der Waals surface area contributed by atoms with Crippen molar-refractivity contribution in [3.05, 3.63) is 64.7 Å². The van der Waals surface area contributed by atoms with Crippen LogP contribution in [0.25, 0.3) is 0 Å². The summed E-state index contributed by atoms with van der Waals surface area (Å²) in [6.45, 7) is 11.0. The van der Waals surface area contributed by atoms with Crippen molar-refractivity contribution < 1.29 is 9.68 Å². The molecule has 2 aromatic rings. The molecule has 0 radical (unpaired) electrons. The zero-order chi connectivity index (χ0) is 19.1. The summed E-state index contributed by atoms with van der Waals surface area (Å²) in [5.74, 6) is 0.977. The van der Waals surface area contributed by atoms with E-state index in [4.69, 9.17) is 0 Å². The summed E-state index contributed by atoms with van der Waals surface area (Å²) < 4.78 is 2.35. The van der Waals surface area contributed by atoms with Crippen molar-refractivity contribution >= 4 is 12.0 Å². The summed E-state index contributed by atoms with van der Waals surface area (Å²) in [6.07, 6.45) is 2.78. The Morgan fingerprint density at radius 3 is 2.26 bits per heavy atom. The standard InChI is InChI=1S/C24H31N2O/c1-16(2)19-10-7-11-20(17(3)4)23(19)26-13-12-25(15-26)22-14-18-8-5-6-9-21(18)24(22)27/h5-11,15-17,22,24,27H,12-14H2,1-4H3/q+1/t22-,24+/m0/s1. The monoisotopic (exact) mass is 363 g/mol. The highest BCUT2D eigenvalue weighted by molar-refractivity contribution is 5.81. The maximum absolute atomic E-state index is 10.9. The SMILES string of the molecule is CC(C)c1cccc(C(C)C)c1N1C=[N+]([C@H]2Cc3ccccc3[C@H]2O)CC1. The lowest BCUT2D eigenvalue weighted by Gasteiger charge is -2.20. The summed E-state index contributed by atoms with van der Waals surface area (Å²) in [4.78, 5) is 2.42. The molecule has 142 valence electrons. The summed E-state index contributed by atoms with van der Waals surface area (Å²) in [5, 5.41) is 10.9. The molecule has 2 aromatic carbocycles. The minimum Gasteiger partial charge on any atom is -0.384 e. The lowest BCUT2D eigenvalue weighted by molar-refractivity contribution is -0.562. The Morgan fingerprint density at radius 1 is 0.963 bits per heavy atom. The molecule has 1 aliphatic heterocycles. The second-order valence-electron chi connectivity index (χ2n) is 8.56. The van der Waals surface area contributed by atoms with E-state index >= 15 is 0 Å². The molecule has 0 saturated heterocycles. The fourth-order valence-electron chi connectivity index (χ4n) is 4.63. The van der Waals surface area contributed by atoms with E-state index in [0.717, 1.165) is 25.1 Å². The number of aliphatic hydroxyl groups is 1. The Morgan fingerprint density at radius 2 is 1.63 bits per heavy atom. The number of anilines is 1. The molecule has 2 aliphatic rings. The fourth-order valence-corrected chi connectivity index (χ4v) is 4.63. The van der Waals surface area contributed by atoms with E-state index in [0.29, 0.717) is 11.8 Å². The molecule has 0 bridgehead atoms. The zero-order valence-electron chi connectivity index (χ0n) is 16.9. The predicted molar refractivity (Wildman–Crippen MR) is 112 cm³/mol. The number of benzene rings is 2. The molecule has 0 unspecified atom stereocenters. The van der Waals surface area contributed by atoms with E-state index in [9.17, 15) is 5.11 Å². The van der Waals surface area contributed by atoms with Gasteiger partial charge in [-0.15, -0.1) is 0 Å². The number of aliphatic hydroxyl groups excluding tert-OH is 1. The van der Waals surface area contributed by atoms with Crippen LogP contribution >= 0.6 is 0 Å². The van der Waals surface area contributed by atoms with E-state index in [1.54, 1.807) is 0 Å². The second-order valence-corrected chi connectivity index (χ2v) is 8.56. The molecule has 1 N–H and O–H groups in total. The van der Waals surface area contributed by atoms with Gasteiger partial charge in [0.15, 0.2) is 0 Å². The molecule has 2 atom stereocenters. The highest BCUT2D eigenvalue weighted by Gasteiger charge is 2.39. The molecule has 1 aliphatic carbocycles. The van der Waals surface area contributed by atoms with Gasteiger partial charge in [0.05, 0.1) is 0 Å². The minimum atomic E-state index is -0.401. The van der Waals surface area contributed by atoms with Crippen molar-refractivity contribution in [3.63, 3.8) is 0 Å². The Labute approximate surface area is 163 Å². The van der Waals surface area contributed by atoms with E-state index < -0.39 is 6.10 Å². The van der Waals surface area contributed by atoms with Crippen molar-refractivity contribution in [3.8, 4) is 0 Å². The summed E-state index contributed by atoms with van der Waals surface area (Å²) in [7, 11) is 0. The van der Waals surface area contributed by atoms with Crippen molar-refractivity contribution in [2.45, 2.75) is 58.1 Å². The van der Waals surface area contributed by atoms with E-state index in [-0.39, 0.29) is 6.04 Å². The first-order chi connectivity index (χ1) is 13.0. The highest BCUT2D eigenvalue weighted by Crippen LogP contribution is 2.37. The van der Waals surface area contributed by atoms with E-state index in [1.165, 1.54) is 22.4 Å². The van der Waals surface area contributed by atoms with Crippen molar-refractivity contribution in [1.29, 1.82) is 0 Å². The number of fused-ring (bicyclic) bond motifs is 1. The van der Waals surface area contributed by atoms with Gasteiger partial charge in [0.2, 0.25) is 6.34 Å². The van der Waals surface area contributed by atoms with Gasteiger partial charge in [-0.05, 0) is 23.0 Å². The molecule has 0 amide bonds. The van der Waals surface area contributed by atoms with Gasteiger partial charge in [0.1, 0.15) is 30.9 Å². The number of hydrogen-bond donors (Lipinski definition) is 1. The first-order valence-electron chi connectivity index (χ1n) is 10.2. The van der Waals surface area contributed by atoms with Gasteiger partial charge in [0, 0.05) is 17.5 Å². The van der Waals surface area contributed by atoms with Crippen LogP contribution < -0.4 is 4.90 Å². The molecule has 1 heterocycles. The van der Waals surface area contributed by atoms with Gasteiger partial charge in [-0.25, -0.2) is 4.90 Å². The maximum Gasteiger partial charge on any atom is 0.239 e. The van der Waals surface area contributed by atoms with E-state index in [1.807, 2.05) is 6.07 Å². The average molecular weight is 364 g/mol. The van der Waals surface area contributed by atoms with E-state index in [2.05, 4.69) is 79.9 Å². The number of hydrogen-bond acceptors (Lipinski definition) is 2. The third-order valence-electron chi connectivity index (χ3n) is 6.11. The van der Waals surface area contributed by atoms with Crippen LogP contribution in [0.4, 0.5) is 5.69 Å². The molecule has 3 nitrogen and oxygen atoms in total. The molecule has 0 saturated carbocycles. The van der Waals surface area contributed by atoms with Crippen LogP contribution in [0.5, 0.6) is 0 Å². The highest BCUT2D eigenvalue weighted by atomic mass is 16.3. The van der Waals surface area contributed by atoms with Crippen LogP contribution in [0.3, 0.4) is 0 Å². The topological polar surface area (TPSA) is 26.5 Å². The summed E-state index contributed by atoms with van der Waals surface area (Å²) in [6, 6.07) is 15.2. The lowest BCUT2D eigenvalue weighted by atomic mass is 9.92. The first kappa shape index (κ1) is 18.2. The molecule has 4 rings (SSSR count). The minimum absolute atomic E-state index is 0.140. The molecule has 27 heavy (non-hydrogen) atoms. The first-order valence-corrected chi connectivity index (χ1v) is 10.2. The fraction of sp³-hybridized carbons (Fsp3) is 0.458. The Balaban J connectivity index is 1.68.